The molecule has 108 valence electrons. The van der Waals surface area contributed by atoms with Crippen molar-refractivity contribution in [3.63, 3.8) is 0 Å². The number of carbonyl (C=O) groups is 1. The van der Waals surface area contributed by atoms with Gasteiger partial charge in [-0.05, 0) is 39.2 Å². The molecule has 0 aromatic carbocycles. The van der Waals surface area contributed by atoms with E-state index in [1.807, 2.05) is 18.7 Å². The largest absolute Gasteiger partial charge is 0.361 e. The van der Waals surface area contributed by atoms with Crippen molar-refractivity contribution >= 4 is 18.3 Å². The lowest BCUT2D eigenvalue weighted by Gasteiger charge is -2.31. The number of halogens is 1. The Morgan fingerprint density at radius 2 is 2.05 bits per heavy atom. The number of hydrogen-bond acceptors (Lipinski definition) is 4. The lowest BCUT2D eigenvalue weighted by Crippen LogP contribution is -2.40. The second kappa shape index (κ2) is 6.91. The highest BCUT2D eigenvalue weighted by Gasteiger charge is 2.23. The maximum absolute atomic E-state index is 12.2. The minimum absolute atomic E-state index is 0. The number of likely N-dealkylation sites (tertiary alicyclic amines) is 1. The molecule has 1 aromatic heterocycles. The smallest absolute Gasteiger partial charge is 0.227 e. The average Bonchev–Trinajstić information content (AvgIpc) is 2.70. The highest BCUT2D eigenvalue weighted by molar-refractivity contribution is 5.85. The van der Waals surface area contributed by atoms with E-state index in [-0.39, 0.29) is 18.3 Å². The Kier molecular flexibility index (Phi) is 5.82. The van der Waals surface area contributed by atoms with Gasteiger partial charge in [-0.3, -0.25) is 4.79 Å². The van der Waals surface area contributed by atoms with Gasteiger partial charge in [0.25, 0.3) is 0 Å². The fourth-order valence-electron chi connectivity index (χ4n) is 2.44. The normalized spacial score (nSPS) is 16.3. The van der Waals surface area contributed by atoms with Crippen LogP contribution in [-0.2, 0) is 11.2 Å². The molecule has 0 atom stereocenters. The van der Waals surface area contributed by atoms with E-state index in [1.165, 1.54) is 0 Å². The van der Waals surface area contributed by atoms with Gasteiger partial charge < -0.3 is 15.2 Å². The molecule has 6 heteroatoms. The fourth-order valence-corrected chi connectivity index (χ4v) is 2.44. The highest BCUT2D eigenvalue weighted by Crippen LogP contribution is 2.19. The number of rotatable bonds is 3. The van der Waals surface area contributed by atoms with E-state index in [4.69, 9.17) is 10.3 Å². The molecule has 1 saturated heterocycles. The van der Waals surface area contributed by atoms with Crippen LogP contribution in [-0.4, -0.2) is 35.6 Å². The first kappa shape index (κ1) is 16.0. The zero-order valence-corrected chi connectivity index (χ0v) is 12.3. The number of aromatic nitrogens is 1. The molecule has 0 unspecified atom stereocenters. The van der Waals surface area contributed by atoms with Gasteiger partial charge in [0, 0.05) is 18.7 Å². The molecule has 2 heterocycles. The first-order chi connectivity index (χ1) is 8.61. The van der Waals surface area contributed by atoms with Crippen LogP contribution in [0.5, 0.6) is 0 Å². The molecule has 2 N–H and O–H groups in total. The summed E-state index contributed by atoms with van der Waals surface area (Å²) in [4.78, 5) is 14.1. The maximum Gasteiger partial charge on any atom is 0.227 e. The summed E-state index contributed by atoms with van der Waals surface area (Å²) in [6, 6.07) is 0. The van der Waals surface area contributed by atoms with Gasteiger partial charge in [-0.1, -0.05) is 5.16 Å². The maximum atomic E-state index is 12.2. The molecule has 5 nitrogen and oxygen atoms in total. The van der Waals surface area contributed by atoms with E-state index < -0.39 is 0 Å². The van der Waals surface area contributed by atoms with Crippen LogP contribution in [0.2, 0.25) is 0 Å². The second-order valence-corrected chi connectivity index (χ2v) is 5.04. The van der Waals surface area contributed by atoms with Gasteiger partial charge in [0.05, 0.1) is 12.1 Å². The molecule has 1 amide bonds. The number of nitrogens with zero attached hydrogens (tertiary/aromatic N) is 2. The summed E-state index contributed by atoms with van der Waals surface area (Å²) in [5, 5.41) is 3.88. The van der Waals surface area contributed by atoms with Crippen molar-refractivity contribution in [1.82, 2.24) is 10.1 Å². The van der Waals surface area contributed by atoms with E-state index in [0.717, 1.165) is 49.5 Å². The molecule has 0 saturated carbocycles. The highest BCUT2D eigenvalue weighted by atomic mass is 35.5. The van der Waals surface area contributed by atoms with Crippen molar-refractivity contribution in [1.29, 1.82) is 0 Å². The van der Waals surface area contributed by atoms with Crippen molar-refractivity contribution in [3.05, 3.63) is 17.0 Å². The zero-order valence-electron chi connectivity index (χ0n) is 11.5. The first-order valence-electron chi connectivity index (χ1n) is 6.51. The monoisotopic (exact) mass is 287 g/mol. The molecule has 0 spiro atoms. The SMILES string of the molecule is Cc1noc(C)c1CC(=O)N1CCC(CN)CC1.Cl. The van der Waals surface area contributed by atoms with Gasteiger partial charge in [-0.25, -0.2) is 0 Å². The lowest BCUT2D eigenvalue weighted by molar-refractivity contribution is -0.131. The van der Waals surface area contributed by atoms with Crippen molar-refractivity contribution in [2.24, 2.45) is 11.7 Å². The molecular weight excluding hydrogens is 266 g/mol. The van der Waals surface area contributed by atoms with E-state index in [1.54, 1.807) is 0 Å². The Morgan fingerprint density at radius 1 is 1.42 bits per heavy atom. The van der Waals surface area contributed by atoms with Crippen LogP contribution in [0.1, 0.15) is 29.9 Å². The standard InChI is InChI=1S/C13H21N3O2.ClH/c1-9-12(10(2)18-15-9)7-13(17)16-5-3-11(8-14)4-6-16;/h11H,3-8,14H2,1-2H3;1H. The van der Waals surface area contributed by atoms with Crippen LogP contribution in [0.15, 0.2) is 4.52 Å². The number of amides is 1. The number of aryl methyl sites for hydroxylation is 2. The third-order valence-corrected chi connectivity index (χ3v) is 3.81. The Balaban J connectivity index is 0.00000180. The molecule has 1 aliphatic rings. The van der Waals surface area contributed by atoms with Crippen molar-refractivity contribution in [2.75, 3.05) is 19.6 Å². The molecule has 0 radical (unpaired) electrons. The molecule has 0 bridgehead atoms. The predicted molar refractivity (Wildman–Crippen MR) is 75.3 cm³/mol. The predicted octanol–water partition coefficient (Wildman–Crippen LogP) is 1.45. The molecule has 19 heavy (non-hydrogen) atoms. The van der Waals surface area contributed by atoms with Crippen LogP contribution in [0, 0.1) is 19.8 Å². The first-order valence-corrected chi connectivity index (χ1v) is 6.51. The summed E-state index contributed by atoms with van der Waals surface area (Å²) in [5.41, 5.74) is 7.40. The van der Waals surface area contributed by atoms with Crippen LogP contribution in [0.4, 0.5) is 0 Å². The van der Waals surface area contributed by atoms with Gasteiger partial charge in [-0.2, -0.15) is 0 Å². The van der Waals surface area contributed by atoms with Gasteiger partial charge in [0.2, 0.25) is 5.91 Å². The van der Waals surface area contributed by atoms with Crippen molar-refractivity contribution < 1.29 is 9.32 Å². The van der Waals surface area contributed by atoms with E-state index in [0.29, 0.717) is 12.3 Å². The van der Waals surface area contributed by atoms with Crippen molar-refractivity contribution in [2.45, 2.75) is 33.1 Å². The number of carbonyl (C=O) groups excluding carboxylic acids is 1. The summed E-state index contributed by atoms with van der Waals surface area (Å²) < 4.78 is 5.08. The Morgan fingerprint density at radius 3 is 2.53 bits per heavy atom. The van der Waals surface area contributed by atoms with Crippen LogP contribution < -0.4 is 5.73 Å². The molecule has 1 aliphatic heterocycles. The minimum atomic E-state index is 0. The van der Waals surface area contributed by atoms with Gasteiger partial charge in [0.1, 0.15) is 5.76 Å². The summed E-state index contributed by atoms with van der Waals surface area (Å²) in [5.74, 6) is 1.49. The van der Waals surface area contributed by atoms with Gasteiger partial charge in [-0.15, -0.1) is 12.4 Å². The average molecular weight is 288 g/mol. The third-order valence-electron chi connectivity index (χ3n) is 3.81. The summed E-state index contributed by atoms with van der Waals surface area (Å²) >= 11 is 0. The number of hydrogen-bond donors (Lipinski definition) is 1. The summed E-state index contributed by atoms with van der Waals surface area (Å²) in [6.07, 6.45) is 2.43. The topological polar surface area (TPSA) is 72.4 Å². The molecule has 0 aliphatic carbocycles. The molecular formula is C13H22ClN3O2. The van der Waals surface area contributed by atoms with Gasteiger partial charge in [0.15, 0.2) is 0 Å². The summed E-state index contributed by atoms with van der Waals surface area (Å²) in [7, 11) is 0. The van der Waals surface area contributed by atoms with Crippen LogP contribution in [0.3, 0.4) is 0 Å². The van der Waals surface area contributed by atoms with Crippen molar-refractivity contribution in [3.8, 4) is 0 Å². The Labute approximate surface area is 119 Å². The van der Waals surface area contributed by atoms with Crippen LogP contribution in [0.25, 0.3) is 0 Å². The zero-order chi connectivity index (χ0) is 13.1. The lowest BCUT2D eigenvalue weighted by atomic mass is 9.96. The summed E-state index contributed by atoms with van der Waals surface area (Å²) in [6.45, 7) is 6.10. The Hall–Kier alpha value is -1.07. The van der Waals surface area contributed by atoms with Crippen LogP contribution >= 0.6 is 12.4 Å². The van der Waals surface area contributed by atoms with E-state index >= 15 is 0 Å². The molecule has 2 rings (SSSR count). The number of nitrogens with two attached hydrogens (primary N) is 1. The third kappa shape index (κ3) is 3.70. The Bertz CT molecular complexity index is 406. The van der Waals surface area contributed by atoms with Gasteiger partial charge >= 0.3 is 0 Å². The molecule has 1 aromatic rings. The number of piperidine rings is 1. The minimum Gasteiger partial charge on any atom is -0.361 e. The fraction of sp³-hybridized carbons (Fsp3) is 0.692. The quantitative estimate of drug-likeness (QED) is 0.913. The van der Waals surface area contributed by atoms with E-state index in [2.05, 4.69) is 5.16 Å². The van der Waals surface area contributed by atoms with E-state index in [9.17, 15) is 4.79 Å². The second-order valence-electron chi connectivity index (χ2n) is 5.04. The molecule has 1 fully saturated rings.